The molecule has 0 bridgehead atoms. The first-order valence-corrected chi connectivity index (χ1v) is 11.4. The molecule has 4 rings (SSSR count). The van der Waals surface area contributed by atoms with Gasteiger partial charge >= 0.3 is 6.18 Å². The number of benzene rings is 2. The van der Waals surface area contributed by atoms with Gasteiger partial charge in [0.1, 0.15) is 17.1 Å². The van der Waals surface area contributed by atoms with Crippen LogP contribution in [-0.2, 0) is 11.6 Å². The molecule has 1 fully saturated rings. The molecule has 1 aromatic heterocycles. The third-order valence-corrected chi connectivity index (χ3v) is 5.80. The van der Waals surface area contributed by atoms with Crippen molar-refractivity contribution in [3.63, 3.8) is 0 Å². The van der Waals surface area contributed by atoms with Gasteiger partial charge in [0, 0.05) is 23.6 Å². The second-order valence-electron chi connectivity index (χ2n) is 9.58. The van der Waals surface area contributed by atoms with E-state index >= 15 is 0 Å². The van der Waals surface area contributed by atoms with Crippen LogP contribution in [-0.4, -0.2) is 16.1 Å². The number of halogens is 3. The van der Waals surface area contributed by atoms with E-state index in [4.69, 9.17) is 4.74 Å². The van der Waals surface area contributed by atoms with Crippen molar-refractivity contribution >= 4 is 23.1 Å². The summed E-state index contributed by atoms with van der Waals surface area (Å²) in [5.41, 5.74) is 1.35. The molecule has 8 heteroatoms. The highest BCUT2D eigenvalue weighted by Gasteiger charge is 2.35. The number of nitrogens with zero attached hydrogens (tertiary/aromatic N) is 2. The van der Waals surface area contributed by atoms with Crippen LogP contribution in [0.1, 0.15) is 57.6 Å². The minimum atomic E-state index is -4.60. The standard InChI is InChI=1S/C26H29F3N4O/c1-25(2,3)17-11-13-18(14-12-17)32-24-30-16-22(26(27,28)29)23(33-24)31-19-7-6-10-21(15-19)34-20-8-4-5-9-20/h6-7,10-16,20H,4-5,8-9H2,1-3H3,(H2,30,31,32,33). The molecule has 1 aliphatic carbocycles. The molecule has 180 valence electrons. The predicted octanol–water partition coefficient (Wildman–Crippen LogP) is 7.60. The Morgan fingerprint density at radius 1 is 0.912 bits per heavy atom. The number of hydrogen-bond donors (Lipinski definition) is 2. The smallest absolute Gasteiger partial charge is 0.421 e. The Labute approximate surface area is 197 Å². The number of rotatable bonds is 6. The molecule has 0 unspecified atom stereocenters. The fraction of sp³-hybridized carbons (Fsp3) is 0.385. The summed E-state index contributed by atoms with van der Waals surface area (Å²) in [6.07, 6.45) is 0.592. The van der Waals surface area contributed by atoms with Crippen LogP contribution >= 0.6 is 0 Å². The number of aromatic nitrogens is 2. The first kappa shape index (κ1) is 23.9. The van der Waals surface area contributed by atoms with Gasteiger partial charge in [-0.25, -0.2) is 4.98 Å². The Kier molecular flexibility index (Phi) is 6.68. The summed E-state index contributed by atoms with van der Waals surface area (Å²) in [6.45, 7) is 6.33. The van der Waals surface area contributed by atoms with Crippen molar-refractivity contribution in [1.29, 1.82) is 0 Å². The molecule has 0 atom stereocenters. The second kappa shape index (κ2) is 9.52. The van der Waals surface area contributed by atoms with E-state index in [1.807, 2.05) is 30.3 Å². The molecular formula is C26H29F3N4O. The molecule has 2 N–H and O–H groups in total. The summed E-state index contributed by atoms with van der Waals surface area (Å²) in [5.74, 6) is 0.364. The van der Waals surface area contributed by atoms with E-state index in [-0.39, 0.29) is 23.3 Å². The Balaban J connectivity index is 1.56. The van der Waals surface area contributed by atoms with E-state index < -0.39 is 11.7 Å². The number of hydrogen-bond acceptors (Lipinski definition) is 5. The molecule has 0 amide bonds. The molecule has 0 radical (unpaired) electrons. The van der Waals surface area contributed by atoms with Gasteiger partial charge in [0.2, 0.25) is 5.95 Å². The largest absolute Gasteiger partial charge is 0.490 e. The van der Waals surface area contributed by atoms with E-state index in [9.17, 15) is 13.2 Å². The van der Waals surface area contributed by atoms with Gasteiger partial charge in [0.25, 0.3) is 0 Å². The highest BCUT2D eigenvalue weighted by atomic mass is 19.4. The highest BCUT2D eigenvalue weighted by Crippen LogP contribution is 2.36. The van der Waals surface area contributed by atoms with E-state index in [0.717, 1.165) is 37.4 Å². The molecule has 1 aliphatic rings. The summed E-state index contributed by atoms with van der Waals surface area (Å²) in [7, 11) is 0. The van der Waals surface area contributed by atoms with Crippen LogP contribution in [0.25, 0.3) is 0 Å². The zero-order valence-electron chi connectivity index (χ0n) is 19.5. The van der Waals surface area contributed by atoms with Crippen LogP contribution in [0.3, 0.4) is 0 Å². The molecule has 0 spiro atoms. The van der Waals surface area contributed by atoms with Crippen LogP contribution in [0.15, 0.2) is 54.7 Å². The van der Waals surface area contributed by atoms with Gasteiger partial charge in [-0.15, -0.1) is 0 Å². The first-order chi connectivity index (χ1) is 16.1. The van der Waals surface area contributed by atoms with Crippen molar-refractivity contribution in [2.75, 3.05) is 10.6 Å². The average Bonchev–Trinajstić information content (AvgIpc) is 3.26. The van der Waals surface area contributed by atoms with E-state index in [1.165, 1.54) is 0 Å². The van der Waals surface area contributed by atoms with E-state index in [1.54, 1.807) is 18.2 Å². The van der Waals surface area contributed by atoms with Crippen LogP contribution in [0, 0.1) is 0 Å². The van der Waals surface area contributed by atoms with Crippen molar-refractivity contribution in [2.45, 2.75) is 64.1 Å². The molecule has 34 heavy (non-hydrogen) atoms. The fourth-order valence-electron chi connectivity index (χ4n) is 3.91. The summed E-state index contributed by atoms with van der Waals surface area (Å²) in [6, 6.07) is 14.6. The molecule has 2 aromatic carbocycles. The Morgan fingerprint density at radius 2 is 1.62 bits per heavy atom. The monoisotopic (exact) mass is 470 g/mol. The number of nitrogens with one attached hydrogen (secondary N) is 2. The summed E-state index contributed by atoms with van der Waals surface area (Å²) < 4.78 is 46.9. The van der Waals surface area contributed by atoms with Gasteiger partial charge in [-0.05, 0) is 60.9 Å². The first-order valence-electron chi connectivity index (χ1n) is 11.4. The van der Waals surface area contributed by atoms with Crippen molar-refractivity contribution < 1.29 is 17.9 Å². The second-order valence-corrected chi connectivity index (χ2v) is 9.58. The zero-order chi connectivity index (χ0) is 24.3. The van der Waals surface area contributed by atoms with Crippen LogP contribution < -0.4 is 15.4 Å². The lowest BCUT2D eigenvalue weighted by atomic mass is 9.87. The number of alkyl halides is 3. The molecular weight excluding hydrogens is 441 g/mol. The Hall–Kier alpha value is -3.29. The summed E-state index contributed by atoms with van der Waals surface area (Å²) >= 11 is 0. The molecule has 1 saturated carbocycles. The van der Waals surface area contributed by atoms with Gasteiger partial charge in [-0.3, -0.25) is 0 Å². The maximum atomic E-state index is 13.7. The molecule has 0 saturated heterocycles. The summed E-state index contributed by atoms with van der Waals surface area (Å²) in [5, 5.41) is 5.80. The highest BCUT2D eigenvalue weighted by molar-refractivity contribution is 5.64. The van der Waals surface area contributed by atoms with Crippen LogP contribution in [0.5, 0.6) is 5.75 Å². The third kappa shape index (κ3) is 5.98. The van der Waals surface area contributed by atoms with E-state index in [2.05, 4.69) is 41.4 Å². The lowest BCUT2D eigenvalue weighted by Crippen LogP contribution is -2.13. The van der Waals surface area contributed by atoms with E-state index in [0.29, 0.717) is 17.1 Å². The van der Waals surface area contributed by atoms with Gasteiger partial charge in [-0.2, -0.15) is 18.2 Å². The lowest BCUT2D eigenvalue weighted by molar-refractivity contribution is -0.137. The lowest BCUT2D eigenvalue weighted by Gasteiger charge is -2.19. The maximum Gasteiger partial charge on any atom is 0.421 e. The zero-order valence-corrected chi connectivity index (χ0v) is 19.5. The number of ether oxygens (including phenoxy) is 1. The van der Waals surface area contributed by atoms with Crippen molar-refractivity contribution in [2.24, 2.45) is 0 Å². The average molecular weight is 471 g/mol. The normalized spacial score (nSPS) is 14.8. The van der Waals surface area contributed by atoms with Crippen molar-refractivity contribution in [3.05, 3.63) is 65.9 Å². The maximum absolute atomic E-state index is 13.7. The van der Waals surface area contributed by atoms with Gasteiger partial charge in [0.15, 0.2) is 0 Å². The van der Waals surface area contributed by atoms with Crippen LogP contribution in [0.2, 0.25) is 0 Å². The molecule has 1 heterocycles. The minimum absolute atomic E-state index is 0.00348. The molecule has 3 aromatic rings. The predicted molar refractivity (Wildman–Crippen MR) is 128 cm³/mol. The van der Waals surface area contributed by atoms with Gasteiger partial charge in [0.05, 0.1) is 6.10 Å². The van der Waals surface area contributed by atoms with Gasteiger partial charge < -0.3 is 15.4 Å². The van der Waals surface area contributed by atoms with Gasteiger partial charge in [-0.1, -0.05) is 39.0 Å². The SMILES string of the molecule is CC(C)(C)c1ccc(Nc2ncc(C(F)(F)F)c(Nc3cccc(OC4CCCC4)c3)n2)cc1. The van der Waals surface area contributed by atoms with Crippen molar-refractivity contribution in [1.82, 2.24) is 9.97 Å². The topological polar surface area (TPSA) is 59.1 Å². The Morgan fingerprint density at radius 3 is 2.26 bits per heavy atom. The minimum Gasteiger partial charge on any atom is -0.490 e. The molecule has 0 aliphatic heterocycles. The quantitative estimate of drug-likeness (QED) is 0.388. The fourth-order valence-corrected chi connectivity index (χ4v) is 3.91. The van der Waals surface area contributed by atoms with Crippen LogP contribution in [0.4, 0.5) is 36.3 Å². The third-order valence-electron chi connectivity index (χ3n) is 5.80. The Bertz CT molecular complexity index is 1120. The van der Waals surface area contributed by atoms with Crippen molar-refractivity contribution in [3.8, 4) is 5.75 Å². The number of anilines is 4. The summed E-state index contributed by atoms with van der Waals surface area (Å²) in [4.78, 5) is 8.03. The molecule has 5 nitrogen and oxygen atoms in total.